The zero-order valence-electron chi connectivity index (χ0n) is 38.2. The molecule has 4 rings (SSSR count). The number of rotatable bonds is 20. The Morgan fingerprint density at radius 1 is 0.683 bits per heavy atom. The fourth-order valence-electron chi connectivity index (χ4n) is 4.42. The molecule has 1 aliphatic heterocycles. The molecule has 0 aromatic heterocycles. The molecule has 3 aromatic carbocycles. The van der Waals surface area contributed by atoms with Crippen molar-refractivity contribution in [2.75, 3.05) is 46.4 Å². The zero-order valence-corrected chi connectivity index (χ0v) is 43.9. The molecular weight excluding hydrogens is 1010 g/mol. The molecule has 339 valence electrons. The van der Waals surface area contributed by atoms with E-state index in [4.69, 9.17) is 39.4 Å². The fourth-order valence-corrected chi connectivity index (χ4v) is 5.94. The van der Waals surface area contributed by atoms with Gasteiger partial charge in [0.2, 0.25) is 6.79 Å². The largest absolute Gasteiger partial charge is 1.00 e. The number of benzene rings is 3. The molecule has 0 atom stereocenters. The van der Waals surface area contributed by atoms with E-state index in [1.165, 1.54) is 45.5 Å². The molecule has 1 aliphatic rings. The molecule has 3 aromatic rings. The Hall–Kier alpha value is -4.10. The number of ether oxygens (including phenoxy) is 5. The first-order chi connectivity index (χ1) is 29.3. The number of aliphatic hydroxyl groups excluding tert-OH is 2. The van der Waals surface area contributed by atoms with Crippen molar-refractivity contribution in [3.8, 4) is 5.75 Å². The number of hydrogen-bond acceptors (Lipinski definition) is 13. The molecule has 0 saturated carbocycles. The van der Waals surface area contributed by atoms with Crippen molar-refractivity contribution in [3.63, 3.8) is 0 Å². The van der Waals surface area contributed by atoms with E-state index in [0.29, 0.717) is 30.6 Å². The second-order valence-electron chi connectivity index (χ2n) is 12.1. The summed E-state index contributed by atoms with van der Waals surface area (Å²) < 4.78 is 33.8. The molecule has 63 heavy (non-hydrogen) atoms. The van der Waals surface area contributed by atoms with Crippen LogP contribution in [0.2, 0.25) is 0 Å². The molecular formula is C45H63AlHgLiO15. The van der Waals surface area contributed by atoms with Crippen molar-refractivity contribution in [3.05, 3.63) is 139 Å². The summed E-state index contributed by atoms with van der Waals surface area (Å²) in [5, 5.41) is 34.4. The number of carbonyl (C=O) groups excluding carboxylic acids is 2. The van der Waals surface area contributed by atoms with Crippen molar-refractivity contribution in [2.45, 2.75) is 65.7 Å². The van der Waals surface area contributed by atoms with Gasteiger partial charge in [0, 0.05) is 50.2 Å². The Bertz CT molecular complexity index is 1560. The van der Waals surface area contributed by atoms with Crippen LogP contribution in [0.4, 0.5) is 0 Å². The van der Waals surface area contributed by atoms with Crippen LogP contribution in [0.1, 0.15) is 62.9 Å². The van der Waals surface area contributed by atoms with Gasteiger partial charge in [-0.15, -0.1) is 0 Å². The third kappa shape index (κ3) is 45.7. The van der Waals surface area contributed by atoms with Crippen LogP contribution < -0.4 is 23.6 Å². The summed E-state index contributed by atoms with van der Waals surface area (Å²) in [6.45, 7) is 18.6. The smallest absolute Gasteiger partial charge is 1.00 e. The summed E-state index contributed by atoms with van der Waals surface area (Å²) in [6.07, 6.45) is 8.84. The van der Waals surface area contributed by atoms with Gasteiger partial charge in [-0.05, 0) is 72.6 Å². The standard InChI is InChI=1S/C13H16O3.C10H10O4.C10H14O2.2C4H8O.2C2H4O2.Al.Hg.Li.H/c1-3-14-9-8-12-6-5-7-13(10-12)16-11-15-4-2;11-9(12)5-7-2-1-3-8(4-7)6-10(13)14;11-6-4-9-2-1-3-10(8-9)5-7-12;1-2-4-5-3-1;1-3-5-4-2;2*1-2(3)4;;;;/h3-7,10H,1-2,8-9,11H2;1-4H,5-6H2,(H,11,12)(H,13,14);1-3,8,11-12H,4-7H2;1-4H2;3H,1,4H2,2H3;2*1H3,(H,3,4);;;;/q;;;;;;;;+2;+1;-1/p-2. The molecule has 1 saturated heterocycles. The van der Waals surface area contributed by atoms with Gasteiger partial charge in [0.05, 0.1) is 44.8 Å². The quantitative estimate of drug-likeness (QED) is 0.0554. The summed E-state index contributed by atoms with van der Waals surface area (Å²) in [5.74, 6) is -1.79. The number of carbonyl (C=O) groups is 4. The number of carboxylic acids is 2. The first kappa shape index (κ1) is 65.5. The van der Waals surface area contributed by atoms with Crippen LogP contribution in [0.15, 0.2) is 111 Å². The molecule has 0 spiro atoms. The van der Waals surface area contributed by atoms with Crippen molar-refractivity contribution in [1.82, 2.24) is 0 Å². The van der Waals surface area contributed by atoms with Crippen molar-refractivity contribution in [1.29, 1.82) is 0 Å². The monoisotopic (exact) mass is 1080 g/mol. The molecule has 0 amide bonds. The van der Waals surface area contributed by atoms with Crippen LogP contribution in [0.5, 0.6) is 5.75 Å². The van der Waals surface area contributed by atoms with E-state index in [1.807, 2.05) is 55.5 Å². The molecule has 3 radical (unpaired) electrons. The Morgan fingerprint density at radius 2 is 1.11 bits per heavy atom. The van der Waals surface area contributed by atoms with Crippen LogP contribution in [0, 0.1) is 0 Å². The van der Waals surface area contributed by atoms with E-state index in [1.54, 1.807) is 24.3 Å². The maximum Gasteiger partial charge on any atom is 1.00 e. The van der Waals surface area contributed by atoms with Gasteiger partial charge in [0.25, 0.3) is 0 Å². The van der Waals surface area contributed by atoms with Gasteiger partial charge in [0.15, 0.2) is 0 Å². The topological polar surface area (TPSA) is 214 Å². The van der Waals surface area contributed by atoms with E-state index >= 15 is 0 Å². The molecule has 0 unspecified atom stereocenters. The SMILES string of the molecule is C1CCOC1.C=COCC.C=COCCc1cccc(OCOC=C)c1.CC(=O)[O][Hg][O]C(C)=O.O=C(O)Cc1cccc(CC(=O)O)c1.OCCc1cccc(CCO)c1.[Al].[H-].[Li+]. The summed E-state index contributed by atoms with van der Waals surface area (Å²) in [4.78, 5) is 40.9. The van der Waals surface area contributed by atoms with Gasteiger partial charge in [-0.3, -0.25) is 9.59 Å². The summed E-state index contributed by atoms with van der Waals surface area (Å²) in [7, 11) is 0. The van der Waals surface area contributed by atoms with Crippen LogP contribution in [0.25, 0.3) is 0 Å². The minimum atomic E-state index is -2.04. The van der Waals surface area contributed by atoms with Gasteiger partial charge in [-0.1, -0.05) is 80.4 Å². The minimum absolute atomic E-state index is 0. The Balaban J connectivity index is -0.000000225. The third-order valence-corrected chi connectivity index (χ3v) is 11.1. The molecule has 1 heterocycles. The Labute approximate surface area is 410 Å². The van der Waals surface area contributed by atoms with Crippen LogP contribution in [-0.4, -0.2) is 108 Å². The van der Waals surface area contributed by atoms with E-state index in [9.17, 15) is 19.2 Å². The average molecular weight is 1080 g/mol. The minimum Gasteiger partial charge on any atom is -1.00 e. The maximum atomic E-state index is 10.4. The summed E-state index contributed by atoms with van der Waals surface area (Å²) in [5.41, 5.74) is 4.65. The Kier molecular flexibility index (Phi) is 49.3. The van der Waals surface area contributed by atoms with Gasteiger partial charge in [0.1, 0.15) is 5.75 Å². The van der Waals surface area contributed by atoms with Crippen LogP contribution >= 0.6 is 0 Å². The molecule has 1 fully saturated rings. The van der Waals surface area contributed by atoms with Crippen molar-refractivity contribution >= 4 is 41.2 Å². The van der Waals surface area contributed by atoms with Gasteiger partial charge in [-0.25, -0.2) is 0 Å². The number of aliphatic hydroxyl groups is 2. The Morgan fingerprint density at radius 3 is 1.48 bits per heavy atom. The van der Waals surface area contributed by atoms with Gasteiger partial charge < -0.3 is 45.5 Å². The van der Waals surface area contributed by atoms with Gasteiger partial charge in [-0.2, -0.15) is 0 Å². The number of aliphatic carboxylic acids is 2. The van der Waals surface area contributed by atoms with Crippen LogP contribution in [0.3, 0.4) is 0 Å². The molecule has 0 bridgehead atoms. The van der Waals surface area contributed by atoms with E-state index in [2.05, 4.69) is 29.8 Å². The predicted octanol–water partition coefficient (Wildman–Crippen LogP) is 3.31. The van der Waals surface area contributed by atoms with E-state index < -0.39 is 37.4 Å². The summed E-state index contributed by atoms with van der Waals surface area (Å²) >= 11 is -2.04. The molecule has 15 nitrogen and oxygen atoms in total. The zero-order chi connectivity index (χ0) is 45.9. The maximum absolute atomic E-state index is 10.4. The first-order valence-corrected chi connectivity index (χ1v) is 23.9. The molecule has 18 heteroatoms. The van der Waals surface area contributed by atoms with Crippen LogP contribution in [-0.2, 0) is 101 Å². The number of carboxylic acid groups (broad SMARTS) is 2. The average Bonchev–Trinajstić information content (AvgIpc) is 3.81. The first-order valence-electron chi connectivity index (χ1n) is 19.4. The second kappa shape index (κ2) is 47.4. The second-order valence-corrected chi connectivity index (χ2v) is 15.3. The van der Waals surface area contributed by atoms with Gasteiger partial charge >= 0.3 is 97.0 Å². The predicted molar refractivity (Wildman–Crippen MR) is 232 cm³/mol. The van der Waals surface area contributed by atoms with E-state index in [0.717, 1.165) is 48.7 Å². The molecule has 0 aliphatic carbocycles. The fraction of sp³-hybridized carbons (Fsp3) is 0.378. The normalized spacial score (nSPS) is 9.92. The summed E-state index contributed by atoms with van der Waals surface area (Å²) in [6, 6.07) is 22.3. The van der Waals surface area contributed by atoms with Crippen molar-refractivity contribution < 1.29 is 114 Å². The number of hydrogen-bond donors (Lipinski definition) is 4. The van der Waals surface area contributed by atoms with Crippen molar-refractivity contribution in [2.24, 2.45) is 0 Å². The third-order valence-electron chi connectivity index (χ3n) is 7.07. The molecule has 4 N–H and O–H groups in total. The van der Waals surface area contributed by atoms with E-state index in [-0.39, 0.29) is 82.4 Å².